The number of H-pyrrole nitrogens is 1. The van der Waals surface area contributed by atoms with Crippen LogP contribution in [0.4, 0.5) is 5.82 Å². The molecule has 0 aliphatic carbocycles. The highest BCUT2D eigenvalue weighted by molar-refractivity contribution is 5.73. The average Bonchev–Trinajstić information content (AvgIpc) is 2.69. The molecule has 17 heavy (non-hydrogen) atoms. The number of aromatic nitrogens is 3. The summed E-state index contributed by atoms with van der Waals surface area (Å²) in [5, 5.41) is 0. The summed E-state index contributed by atoms with van der Waals surface area (Å²) in [6.07, 6.45) is 0.865. The van der Waals surface area contributed by atoms with Crippen molar-refractivity contribution in [1.82, 2.24) is 15.0 Å². The van der Waals surface area contributed by atoms with E-state index in [1.54, 1.807) is 0 Å². The van der Waals surface area contributed by atoms with Crippen LogP contribution in [0.1, 0.15) is 12.7 Å². The van der Waals surface area contributed by atoms with Crippen LogP contribution >= 0.6 is 0 Å². The van der Waals surface area contributed by atoms with Crippen molar-refractivity contribution in [3.63, 3.8) is 0 Å². The number of hydrogen-bond acceptors (Lipinski definition) is 4. The van der Waals surface area contributed by atoms with Gasteiger partial charge in [0.1, 0.15) is 11.6 Å². The maximum absolute atomic E-state index is 5.61. The van der Waals surface area contributed by atoms with E-state index in [-0.39, 0.29) is 0 Å². The minimum Gasteiger partial charge on any atom is -0.363 e. The molecule has 0 amide bonds. The molecule has 0 aromatic carbocycles. The molecule has 3 N–H and O–H groups in total. The molecule has 0 radical (unpaired) electrons. The standard InChI is InChI=1S/C12H19N5/c1-8(7-13)6-10-14-9-4-5-11(17(2)3)16-12(9)15-10/h4-5,8H,6-7,13H2,1-3H3,(H,14,15,16). The molecule has 2 heterocycles. The SMILES string of the molecule is CC(CN)Cc1nc2nc(N(C)C)ccc2[nH]1. The molecule has 5 nitrogen and oxygen atoms in total. The molecule has 1 unspecified atom stereocenters. The van der Waals surface area contributed by atoms with E-state index in [4.69, 9.17) is 5.73 Å². The molecule has 0 aliphatic heterocycles. The lowest BCUT2D eigenvalue weighted by Crippen LogP contribution is -2.13. The summed E-state index contributed by atoms with van der Waals surface area (Å²) in [6, 6.07) is 4.00. The number of anilines is 1. The Labute approximate surface area is 101 Å². The lowest BCUT2D eigenvalue weighted by molar-refractivity contribution is 0.578. The third kappa shape index (κ3) is 2.55. The summed E-state index contributed by atoms with van der Waals surface area (Å²) in [4.78, 5) is 14.2. The number of hydrogen-bond donors (Lipinski definition) is 2. The number of pyridine rings is 1. The Morgan fingerprint density at radius 3 is 2.76 bits per heavy atom. The molecule has 0 bridgehead atoms. The Morgan fingerprint density at radius 2 is 2.12 bits per heavy atom. The van der Waals surface area contributed by atoms with Crippen molar-refractivity contribution in [2.45, 2.75) is 13.3 Å². The Bertz CT molecular complexity index is 503. The molecule has 2 aromatic rings. The molecule has 2 aromatic heterocycles. The van der Waals surface area contributed by atoms with Crippen LogP contribution in [0, 0.1) is 5.92 Å². The molecule has 0 fully saturated rings. The number of imidazole rings is 1. The van der Waals surface area contributed by atoms with Crippen LogP contribution in [-0.4, -0.2) is 35.6 Å². The van der Waals surface area contributed by atoms with Crippen LogP contribution < -0.4 is 10.6 Å². The van der Waals surface area contributed by atoms with Gasteiger partial charge in [0, 0.05) is 20.5 Å². The highest BCUT2D eigenvalue weighted by Crippen LogP contribution is 2.15. The number of nitrogens with zero attached hydrogens (tertiary/aromatic N) is 3. The highest BCUT2D eigenvalue weighted by atomic mass is 15.1. The van der Waals surface area contributed by atoms with Gasteiger partial charge in [0.2, 0.25) is 0 Å². The van der Waals surface area contributed by atoms with Gasteiger partial charge in [-0.15, -0.1) is 0 Å². The zero-order valence-electron chi connectivity index (χ0n) is 10.6. The summed E-state index contributed by atoms with van der Waals surface area (Å²) < 4.78 is 0. The molecular formula is C12H19N5. The van der Waals surface area contributed by atoms with Gasteiger partial charge in [-0.1, -0.05) is 6.92 Å². The normalized spacial score (nSPS) is 12.9. The van der Waals surface area contributed by atoms with Gasteiger partial charge < -0.3 is 15.6 Å². The summed E-state index contributed by atoms with van der Waals surface area (Å²) >= 11 is 0. The van der Waals surface area contributed by atoms with Gasteiger partial charge in [0.05, 0.1) is 5.52 Å². The maximum atomic E-state index is 5.61. The third-order valence-corrected chi connectivity index (χ3v) is 2.78. The molecule has 1 atom stereocenters. The van der Waals surface area contributed by atoms with Crippen LogP contribution in [0.3, 0.4) is 0 Å². The Hall–Kier alpha value is -1.62. The Kier molecular flexibility index (Phi) is 3.28. The highest BCUT2D eigenvalue weighted by Gasteiger charge is 2.08. The first-order valence-corrected chi connectivity index (χ1v) is 5.83. The largest absolute Gasteiger partial charge is 0.363 e. The minimum atomic E-state index is 0.434. The molecule has 92 valence electrons. The fourth-order valence-corrected chi connectivity index (χ4v) is 1.69. The van der Waals surface area contributed by atoms with Gasteiger partial charge in [-0.25, -0.2) is 9.97 Å². The van der Waals surface area contributed by atoms with E-state index >= 15 is 0 Å². The topological polar surface area (TPSA) is 70.8 Å². The number of fused-ring (bicyclic) bond motifs is 1. The van der Waals surface area contributed by atoms with Crippen LogP contribution in [0.5, 0.6) is 0 Å². The summed E-state index contributed by atoms with van der Waals surface area (Å²) in [5.74, 6) is 2.31. The van der Waals surface area contributed by atoms with E-state index in [0.29, 0.717) is 12.5 Å². The number of nitrogens with two attached hydrogens (primary N) is 1. The molecule has 5 heteroatoms. The van der Waals surface area contributed by atoms with Gasteiger partial charge >= 0.3 is 0 Å². The van der Waals surface area contributed by atoms with Gasteiger partial charge in [-0.3, -0.25) is 0 Å². The van der Waals surface area contributed by atoms with Crippen molar-refractivity contribution >= 4 is 17.0 Å². The third-order valence-electron chi connectivity index (χ3n) is 2.78. The summed E-state index contributed by atoms with van der Waals surface area (Å²) in [5.41, 5.74) is 7.37. The molecular weight excluding hydrogens is 214 g/mol. The van der Waals surface area contributed by atoms with Gasteiger partial charge in [0.15, 0.2) is 5.65 Å². The van der Waals surface area contributed by atoms with Crippen molar-refractivity contribution in [1.29, 1.82) is 0 Å². The second kappa shape index (κ2) is 4.71. The van der Waals surface area contributed by atoms with E-state index in [0.717, 1.165) is 29.2 Å². The smallest absolute Gasteiger partial charge is 0.179 e. The number of aromatic amines is 1. The minimum absolute atomic E-state index is 0.434. The van der Waals surface area contributed by atoms with Crippen molar-refractivity contribution in [2.24, 2.45) is 11.7 Å². The van der Waals surface area contributed by atoms with E-state index in [9.17, 15) is 0 Å². The second-order valence-corrected chi connectivity index (χ2v) is 4.66. The van der Waals surface area contributed by atoms with Gasteiger partial charge in [-0.2, -0.15) is 0 Å². The summed E-state index contributed by atoms with van der Waals surface area (Å²) in [7, 11) is 3.94. The molecule has 0 aliphatic rings. The fraction of sp³-hybridized carbons (Fsp3) is 0.500. The predicted octanol–water partition coefficient (Wildman–Crippen LogP) is 1.16. The Balaban J connectivity index is 2.30. The van der Waals surface area contributed by atoms with Crippen molar-refractivity contribution in [2.75, 3.05) is 25.5 Å². The van der Waals surface area contributed by atoms with E-state index in [1.165, 1.54) is 0 Å². The zero-order chi connectivity index (χ0) is 12.4. The second-order valence-electron chi connectivity index (χ2n) is 4.66. The van der Waals surface area contributed by atoms with Crippen LogP contribution in [-0.2, 0) is 6.42 Å². The first kappa shape index (κ1) is 11.9. The molecule has 0 saturated heterocycles. The van der Waals surface area contributed by atoms with E-state index in [1.807, 2.05) is 31.1 Å². The first-order chi connectivity index (χ1) is 8.10. The average molecular weight is 233 g/mol. The lowest BCUT2D eigenvalue weighted by Gasteiger charge is -2.09. The number of nitrogens with one attached hydrogen (secondary N) is 1. The zero-order valence-corrected chi connectivity index (χ0v) is 10.6. The molecule has 0 saturated carbocycles. The quantitative estimate of drug-likeness (QED) is 0.831. The van der Waals surface area contributed by atoms with Gasteiger partial charge in [0.25, 0.3) is 0 Å². The molecule has 0 spiro atoms. The van der Waals surface area contributed by atoms with E-state index in [2.05, 4.69) is 21.9 Å². The van der Waals surface area contributed by atoms with E-state index < -0.39 is 0 Å². The van der Waals surface area contributed by atoms with Gasteiger partial charge in [-0.05, 0) is 24.6 Å². The molecule has 2 rings (SSSR count). The van der Waals surface area contributed by atoms with Crippen LogP contribution in [0.25, 0.3) is 11.2 Å². The maximum Gasteiger partial charge on any atom is 0.179 e. The lowest BCUT2D eigenvalue weighted by atomic mass is 10.1. The van der Waals surface area contributed by atoms with Crippen molar-refractivity contribution in [3.8, 4) is 0 Å². The predicted molar refractivity (Wildman–Crippen MR) is 70.1 cm³/mol. The van der Waals surface area contributed by atoms with Crippen LogP contribution in [0.15, 0.2) is 12.1 Å². The fourth-order valence-electron chi connectivity index (χ4n) is 1.69. The summed E-state index contributed by atoms with van der Waals surface area (Å²) in [6.45, 7) is 2.79. The Morgan fingerprint density at radius 1 is 1.35 bits per heavy atom. The van der Waals surface area contributed by atoms with Crippen LogP contribution in [0.2, 0.25) is 0 Å². The monoisotopic (exact) mass is 233 g/mol. The first-order valence-electron chi connectivity index (χ1n) is 5.83. The van der Waals surface area contributed by atoms with Crippen molar-refractivity contribution in [3.05, 3.63) is 18.0 Å². The number of rotatable bonds is 4. The van der Waals surface area contributed by atoms with Crippen molar-refractivity contribution < 1.29 is 0 Å².